The number of rotatable bonds is 5. The minimum absolute atomic E-state index is 0.0659. The number of hydrogen-bond donors (Lipinski definition) is 1. The van der Waals surface area contributed by atoms with E-state index in [0.29, 0.717) is 13.2 Å². The Morgan fingerprint density at radius 3 is 2.27 bits per heavy atom. The van der Waals surface area contributed by atoms with Crippen molar-refractivity contribution < 1.29 is 22.4 Å². The molecule has 1 aliphatic rings. The third-order valence-electron chi connectivity index (χ3n) is 4.64. The fourth-order valence-electron chi connectivity index (χ4n) is 3.00. The van der Waals surface area contributed by atoms with E-state index in [1.54, 1.807) is 12.1 Å². The monoisotopic (exact) mass is 430 g/mol. The second-order valence-corrected chi connectivity index (χ2v) is 8.43. The Morgan fingerprint density at radius 2 is 1.67 bits per heavy atom. The van der Waals surface area contributed by atoms with Gasteiger partial charge in [0.25, 0.3) is 10.1 Å². The van der Waals surface area contributed by atoms with Gasteiger partial charge in [-0.2, -0.15) is 13.5 Å². The molecule has 30 heavy (non-hydrogen) atoms. The SMILES string of the molecule is Cc1cc(-c2ccccc2)nn1CCC1OCCO1.Cc1ccc(S(=O)(=O)O)cc1. The largest absolute Gasteiger partial charge is 0.350 e. The summed E-state index contributed by atoms with van der Waals surface area (Å²) in [6, 6.07) is 18.3. The van der Waals surface area contributed by atoms with Crippen LogP contribution in [0.2, 0.25) is 0 Å². The van der Waals surface area contributed by atoms with Crippen molar-refractivity contribution in [2.24, 2.45) is 0 Å². The molecular formula is C22H26N2O5S. The molecule has 8 heteroatoms. The van der Waals surface area contributed by atoms with Gasteiger partial charge in [-0.25, -0.2) is 0 Å². The lowest BCUT2D eigenvalue weighted by molar-refractivity contribution is -0.0496. The molecule has 1 saturated heterocycles. The molecule has 4 rings (SSSR count). The van der Waals surface area contributed by atoms with Gasteiger partial charge in [-0.05, 0) is 32.0 Å². The predicted octanol–water partition coefficient (Wildman–Crippen LogP) is 3.86. The van der Waals surface area contributed by atoms with Crippen molar-refractivity contribution in [1.82, 2.24) is 9.78 Å². The van der Waals surface area contributed by atoms with Crippen LogP contribution in [0.1, 0.15) is 17.7 Å². The maximum Gasteiger partial charge on any atom is 0.294 e. The van der Waals surface area contributed by atoms with Crippen LogP contribution in [0.25, 0.3) is 11.3 Å². The van der Waals surface area contributed by atoms with Gasteiger partial charge in [-0.15, -0.1) is 0 Å². The first kappa shape index (κ1) is 22.2. The molecule has 3 aromatic rings. The normalized spacial score (nSPS) is 14.4. The molecule has 0 amide bonds. The maximum atomic E-state index is 10.5. The van der Waals surface area contributed by atoms with Gasteiger partial charge in [0.1, 0.15) is 0 Å². The Balaban J connectivity index is 0.000000199. The Bertz CT molecular complexity index is 1040. The molecule has 1 N–H and O–H groups in total. The highest BCUT2D eigenvalue weighted by molar-refractivity contribution is 7.85. The summed E-state index contributed by atoms with van der Waals surface area (Å²) in [7, 11) is -4.02. The zero-order valence-electron chi connectivity index (χ0n) is 17.1. The zero-order chi connectivity index (χ0) is 21.6. The summed E-state index contributed by atoms with van der Waals surface area (Å²) >= 11 is 0. The van der Waals surface area contributed by atoms with Gasteiger partial charge in [0, 0.05) is 24.2 Å². The standard InChI is InChI=1S/C15H18N2O2.C7H8O3S/c1-12-11-14(13-5-3-2-4-6-13)16-17(12)8-7-15-18-9-10-19-15;1-6-2-4-7(5-3-6)11(8,9)10/h2-6,11,15H,7-10H2,1H3;2-5H,1H3,(H,8,9,10). The highest BCUT2D eigenvalue weighted by atomic mass is 32.2. The van der Waals surface area contributed by atoms with E-state index >= 15 is 0 Å². The first-order valence-corrected chi connectivity index (χ1v) is 11.1. The van der Waals surface area contributed by atoms with Gasteiger partial charge in [0.2, 0.25) is 0 Å². The third-order valence-corrected chi connectivity index (χ3v) is 5.50. The Labute approximate surface area is 177 Å². The smallest absolute Gasteiger partial charge is 0.294 e. The molecular weight excluding hydrogens is 404 g/mol. The van der Waals surface area contributed by atoms with Gasteiger partial charge in [-0.3, -0.25) is 9.23 Å². The molecule has 0 aliphatic carbocycles. The molecule has 1 aromatic heterocycles. The van der Waals surface area contributed by atoms with Gasteiger partial charge in [0.15, 0.2) is 6.29 Å². The summed E-state index contributed by atoms with van der Waals surface area (Å²) in [6.45, 7) is 6.16. The number of nitrogens with zero attached hydrogens (tertiary/aromatic N) is 2. The molecule has 0 spiro atoms. The van der Waals surface area contributed by atoms with Gasteiger partial charge in [-0.1, -0.05) is 48.0 Å². The predicted molar refractivity (Wildman–Crippen MR) is 114 cm³/mol. The molecule has 2 aromatic carbocycles. The number of ether oxygens (including phenoxy) is 2. The van der Waals surface area contributed by atoms with E-state index in [4.69, 9.17) is 14.0 Å². The summed E-state index contributed by atoms with van der Waals surface area (Å²) in [4.78, 5) is -0.0666. The lowest BCUT2D eigenvalue weighted by Crippen LogP contribution is -2.13. The number of hydrogen-bond acceptors (Lipinski definition) is 5. The van der Waals surface area contributed by atoms with Crippen molar-refractivity contribution in [2.75, 3.05) is 13.2 Å². The molecule has 0 saturated carbocycles. The fourth-order valence-corrected chi connectivity index (χ4v) is 3.48. The second kappa shape index (κ2) is 9.99. The van der Waals surface area contributed by atoms with Crippen LogP contribution in [-0.4, -0.2) is 42.3 Å². The Morgan fingerprint density at radius 1 is 1.03 bits per heavy atom. The van der Waals surface area contributed by atoms with Crippen LogP contribution in [0.5, 0.6) is 0 Å². The van der Waals surface area contributed by atoms with Gasteiger partial charge >= 0.3 is 0 Å². The quantitative estimate of drug-likeness (QED) is 0.618. The average Bonchev–Trinajstić information content (AvgIpc) is 3.37. The van der Waals surface area contributed by atoms with Crippen molar-refractivity contribution in [2.45, 2.75) is 38.0 Å². The molecule has 0 atom stereocenters. The lowest BCUT2D eigenvalue weighted by Gasteiger charge is -2.09. The zero-order valence-corrected chi connectivity index (χ0v) is 17.9. The topological polar surface area (TPSA) is 90.7 Å². The van der Waals surface area contributed by atoms with E-state index in [1.165, 1.54) is 12.1 Å². The van der Waals surface area contributed by atoms with E-state index < -0.39 is 10.1 Å². The molecule has 2 heterocycles. The highest BCUT2D eigenvalue weighted by Crippen LogP contribution is 2.19. The molecule has 0 radical (unpaired) electrons. The lowest BCUT2D eigenvalue weighted by atomic mass is 10.1. The maximum absolute atomic E-state index is 10.5. The highest BCUT2D eigenvalue weighted by Gasteiger charge is 2.16. The van der Waals surface area contributed by atoms with E-state index in [1.807, 2.05) is 29.8 Å². The van der Waals surface area contributed by atoms with Gasteiger partial charge in [0.05, 0.1) is 23.8 Å². The summed E-state index contributed by atoms with van der Waals surface area (Å²) < 4.78 is 42.5. The van der Waals surface area contributed by atoms with Crippen molar-refractivity contribution >= 4 is 10.1 Å². The first-order valence-electron chi connectivity index (χ1n) is 9.70. The number of aromatic nitrogens is 2. The van der Waals surface area contributed by atoms with E-state index in [2.05, 4.69) is 30.2 Å². The van der Waals surface area contributed by atoms with Crippen LogP contribution >= 0.6 is 0 Å². The van der Waals surface area contributed by atoms with E-state index in [0.717, 1.165) is 35.5 Å². The first-order chi connectivity index (χ1) is 14.3. The second-order valence-electron chi connectivity index (χ2n) is 7.01. The van der Waals surface area contributed by atoms with Crippen LogP contribution in [-0.2, 0) is 26.1 Å². The van der Waals surface area contributed by atoms with Crippen LogP contribution in [0.15, 0.2) is 65.6 Å². The molecule has 0 bridgehead atoms. The summed E-state index contributed by atoms with van der Waals surface area (Å²) in [5, 5.41) is 4.65. The Kier molecular flexibility index (Phi) is 7.38. The minimum Gasteiger partial charge on any atom is -0.350 e. The van der Waals surface area contributed by atoms with Crippen LogP contribution in [0.4, 0.5) is 0 Å². The van der Waals surface area contributed by atoms with Crippen molar-refractivity contribution in [3.8, 4) is 11.3 Å². The summed E-state index contributed by atoms with van der Waals surface area (Å²) in [5.74, 6) is 0. The van der Waals surface area contributed by atoms with Gasteiger partial charge < -0.3 is 9.47 Å². The summed E-state index contributed by atoms with van der Waals surface area (Å²) in [5.41, 5.74) is 4.29. The fraction of sp³-hybridized carbons (Fsp3) is 0.318. The summed E-state index contributed by atoms with van der Waals surface area (Å²) in [6.07, 6.45) is 0.778. The number of benzene rings is 2. The van der Waals surface area contributed by atoms with Crippen LogP contribution in [0.3, 0.4) is 0 Å². The molecule has 1 fully saturated rings. The van der Waals surface area contributed by atoms with Crippen molar-refractivity contribution in [1.29, 1.82) is 0 Å². The molecule has 7 nitrogen and oxygen atoms in total. The van der Waals surface area contributed by atoms with Crippen LogP contribution < -0.4 is 0 Å². The minimum atomic E-state index is -4.02. The Hall–Kier alpha value is -2.52. The molecule has 1 aliphatic heterocycles. The van der Waals surface area contributed by atoms with Crippen molar-refractivity contribution in [3.05, 3.63) is 71.9 Å². The van der Waals surface area contributed by atoms with E-state index in [-0.39, 0.29) is 11.2 Å². The third kappa shape index (κ3) is 6.24. The van der Waals surface area contributed by atoms with Crippen molar-refractivity contribution in [3.63, 3.8) is 0 Å². The van der Waals surface area contributed by atoms with E-state index in [9.17, 15) is 8.42 Å². The molecule has 160 valence electrons. The number of aryl methyl sites for hydroxylation is 3. The molecule has 0 unspecified atom stereocenters. The average molecular weight is 431 g/mol. The van der Waals surface area contributed by atoms with Crippen LogP contribution in [0, 0.1) is 13.8 Å².